The van der Waals surface area contributed by atoms with E-state index in [4.69, 9.17) is 0 Å². The van der Waals surface area contributed by atoms with Gasteiger partial charge in [-0.1, -0.05) is 32.9 Å². The Hall–Kier alpha value is -2.96. The summed E-state index contributed by atoms with van der Waals surface area (Å²) in [7, 11) is 0. The van der Waals surface area contributed by atoms with Crippen LogP contribution in [0.4, 0.5) is 18.9 Å². The average molecular weight is 416 g/mol. The van der Waals surface area contributed by atoms with Gasteiger partial charge in [-0.05, 0) is 54.8 Å². The van der Waals surface area contributed by atoms with Gasteiger partial charge in [0.25, 0.3) is 0 Å². The smallest absolute Gasteiger partial charge is 0.406 e. The van der Waals surface area contributed by atoms with E-state index in [0.29, 0.717) is 24.1 Å². The number of benzene rings is 2. The van der Waals surface area contributed by atoms with Crippen molar-refractivity contribution >= 4 is 22.5 Å². The zero-order valence-electron chi connectivity index (χ0n) is 17.0. The Morgan fingerprint density at radius 2 is 1.70 bits per heavy atom. The number of rotatable bonds is 4. The molecule has 30 heavy (non-hydrogen) atoms. The van der Waals surface area contributed by atoms with Crippen LogP contribution in [0.2, 0.25) is 0 Å². The van der Waals surface area contributed by atoms with E-state index in [1.54, 1.807) is 0 Å². The number of aromatic amines is 1. The molecule has 158 valence electrons. The number of hydrogen-bond acceptors (Lipinski definition) is 2. The van der Waals surface area contributed by atoms with Gasteiger partial charge in [-0.25, -0.2) is 0 Å². The van der Waals surface area contributed by atoms with E-state index < -0.39 is 11.8 Å². The first-order valence-electron chi connectivity index (χ1n) is 9.77. The Bertz CT molecular complexity index is 1090. The molecule has 0 radical (unpaired) electrons. The average Bonchev–Trinajstić information content (AvgIpc) is 3.33. The highest BCUT2D eigenvalue weighted by atomic mass is 19.4. The van der Waals surface area contributed by atoms with Gasteiger partial charge in [0.15, 0.2) is 0 Å². The van der Waals surface area contributed by atoms with Crippen molar-refractivity contribution in [1.82, 2.24) is 4.98 Å². The van der Waals surface area contributed by atoms with Crippen LogP contribution in [0.3, 0.4) is 0 Å². The molecule has 0 spiro atoms. The number of halogens is 3. The Morgan fingerprint density at radius 1 is 1.03 bits per heavy atom. The third-order valence-corrected chi connectivity index (χ3v) is 5.51. The summed E-state index contributed by atoms with van der Waals surface area (Å²) in [5.41, 5.74) is 2.77. The van der Waals surface area contributed by atoms with Gasteiger partial charge in [0.05, 0.1) is 5.41 Å². The number of ether oxygens (including phenoxy) is 1. The number of aromatic nitrogens is 1. The molecule has 0 unspecified atom stereocenters. The fourth-order valence-corrected chi connectivity index (χ4v) is 3.61. The Labute approximate surface area is 172 Å². The lowest BCUT2D eigenvalue weighted by Crippen LogP contribution is -2.27. The number of hydrogen-bond donors (Lipinski definition) is 2. The molecule has 1 amide bonds. The maximum Gasteiger partial charge on any atom is 0.573 e. The summed E-state index contributed by atoms with van der Waals surface area (Å²) in [5, 5.41) is 3.98. The lowest BCUT2D eigenvalue weighted by molar-refractivity contribution is -0.274. The van der Waals surface area contributed by atoms with Crippen molar-refractivity contribution < 1.29 is 22.7 Å². The Kier molecular flexibility index (Phi) is 4.60. The van der Waals surface area contributed by atoms with Crippen LogP contribution in [-0.2, 0) is 15.6 Å². The number of H-pyrrole nitrogens is 1. The monoisotopic (exact) mass is 416 g/mol. The first kappa shape index (κ1) is 20.3. The summed E-state index contributed by atoms with van der Waals surface area (Å²) in [5.74, 6) is -0.451. The quantitative estimate of drug-likeness (QED) is 0.545. The predicted octanol–water partition coefficient (Wildman–Crippen LogP) is 6.03. The van der Waals surface area contributed by atoms with Crippen LogP contribution < -0.4 is 10.1 Å². The molecule has 2 aromatic carbocycles. The van der Waals surface area contributed by atoms with E-state index in [2.05, 4.69) is 41.9 Å². The predicted molar refractivity (Wildman–Crippen MR) is 110 cm³/mol. The van der Waals surface area contributed by atoms with Crippen molar-refractivity contribution in [2.24, 2.45) is 0 Å². The first-order valence-corrected chi connectivity index (χ1v) is 9.77. The molecule has 1 aliphatic carbocycles. The molecule has 0 saturated heterocycles. The number of nitrogens with one attached hydrogen (secondary N) is 2. The molecule has 1 fully saturated rings. The second kappa shape index (κ2) is 6.79. The molecule has 1 aliphatic rings. The lowest BCUT2D eigenvalue weighted by Gasteiger charge is -2.17. The molecule has 0 atom stereocenters. The van der Waals surface area contributed by atoms with Crippen LogP contribution in [0.15, 0.2) is 48.5 Å². The minimum Gasteiger partial charge on any atom is -0.406 e. The molecule has 2 N–H and O–H groups in total. The van der Waals surface area contributed by atoms with E-state index in [1.807, 2.05) is 18.2 Å². The van der Waals surface area contributed by atoms with Gasteiger partial charge in [-0.15, -0.1) is 13.2 Å². The van der Waals surface area contributed by atoms with Gasteiger partial charge in [0.1, 0.15) is 5.75 Å². The summed E-state index contributed by atoms with van der Waals surface area (Å²) >= 11 is 0. The van der Waals surface area contributed by atoms with Gasteiger partial charge in [-0.3, -0.25) is 4.79 Å². The molecule has 1 aromatic heterocycles. The number of carbonyl (C=O) groups is 1. The molecule has 1 saturated carbocycles. The fraction of sp³-hybridized carbons (Fsp3) is 0.348. The molecule has 0 aliphatic heterocycles. The highest BCUT2D eigenvalue weighted by Crippen LogP contribution is 2.49. The van der Waals surface area contributed by atoms with Gasteiger partial charge in [0.2, 0.25) is 5.91 Å². The van der Waals surface area contributed by atoms with Gasteiger partial charge in [0, 0.05) is 27.7 Å². The fourth-order valence-electron chi connectivity index (χ4n) is 3.61. The third kappa shape index (κ3) is 4.01. The topological polar surface area (TPSA) is 54.1 Å². The van der Waals surface area contributed by atoms with Crippen LogP contribution in [0.25, 0.3) is 10.9 Å². The van der Waals surface area contributed by atoms with Crippen LogP contribution in [0.5, 0.6) is 5.75 Å². The molecule has 4 nitrogen and oxygen atoms in total. The van der Waals surface area contributed by atoms with Crippen LogP contribution >= 0.6 is 0 Å². The largest absolute Gasteiger partial charge is 0.573 e. The zero-order valence-corrected chi connectivity index (χ0v) is 17.0. The normalized spacial score (nSPS) is 15.8. The summed E-state index contributed by atoms with van der Waals surface area (Å²) in [6.07, 6.45) is -3.43. The lowest BCUT2D eigenvalue weighted by atomic mass is 9.92. The van der Waals surface area contributed by atoms with Crippen molar-refractivity contribution in [3.05, 3.63) is 59.8 Å². The standard InChI is InChI=1S/C23H23F3N2O2/c1-21(2,3)19-13-14-12-16(6-9-18(14)28-19)27-20(29)22(10-11-22)15-4-7-17(8-5-15)30-23(24,25)26/h4-9,12-13,28H,10-11H2,1-3H3,(H,27,29). The van der Waals surface area contributed by atoms with Crippen LogP contribution in [0.1, 0.15) is 44.9 Å². The highest BCUT2D eigenvalue weighted by molar-refractivity contribution is 6.02. The van der Waals surface area contributed by atoms with Crippen molar-refractivity contribution in [2.45, 2.75) is 50.8 Å². The van der Waals surface area contributed by atoms with E-state index in [-0.39, 0.29) is 17.1 Å². The van der Waals surface area contributed by atoms with E-state index in [0.717, 1.165) is 16.6 Å². The molecule has 1 heterocycles. The Balaban J connectivity index is 1.52. The maximum absolute atomic E-state index is 13.0. The minimum atomic E-state index is -4.74. The summed E-state index contributed by atoms with van der Waals surface area (Å²) in [6.45, 7) is 6.38. The molecule has 7 heteroatoms. The summed E-state index contributed by atoms with van der Waals surface area (Å²) in [4.78, 5) is 16.4. The number of alkyl halides is 3. The second-order valence-corrected chi connectivity index (χ2v) is 8.84. The number of fused-ring (bicyclic) bond motifs is 1. The maximum atomic E-state index is 13.0. The second-order valence-electron chi connectivity index (χ2n) is 8.84. The van der Waals surface area contributed by atoms with E-state index in [1.165, 1.54) is 24.3 Å². The van der Waals surface area contributed by atoms with Gasteiger partial charge in [-0.2, -0.15) is 0 Å². The summed E-state index contributed by atoms with van der Waals surface area (Å²) in [6, 6.07) is 13.3. The van der Waals surface area contributed by atoms with Crippen molar-refractivity contribution in [3.63, 3.8) is 0 Å². The molecular weight excluding hydrogens is 393 g/mol. The van der Waals surface area contributed by atoms with E-state index >= 15 is 0 Å². The first-order chi connectivity index (χ1) is 14.0. The molecule has 3 aromatic rings. The third-order valence-electron chi connectivity index (χ3n) is 5.51. The van der Waals surface area contributed by atoms with Gasteiger partial charge >= 0.3 is 6.36 Å². The molecule has 0 bridgehead atoms. The van der Waals surface area contributed by atoms with Crippen LogP contribution in [-0.4, -0.2) is 17.3 Å². The number of amides is 1. The molecular formula is C23H23F3N2O2. The molecule has 4 rings (SSSR count). The SMILES string of the molecule is CC(C)(C)c1cc2cc(NC(=O)C3(c4ccc(OC(F)(F)F)cc4)CC3)ccc2[nH]1. The highest BCUT2D eigenvalue weighted by Gasteiger charge is 2.51. The van der Waals surface area contributed by atoms with Crippen molar-refractivity contribution in [3.8, 4) is 5.75 Å². The number of carbonyl (C=O) groups excluding carboxylic acids is 1. The van der Waals surface area contributed by atoms with Crippen molar-refractivity contribution in [1.29, 1.82) is 0 Å². The van der Waals surface area contributed by atoms with Gasteiger partial charge < -0.3 is 15.0 Å². The van der Waals surface area contributed by atoms with Crippen molar-refractivity contribution in [2.75, 3.05) is 5.32 Å². The van der Waals surface area contributed by atoms with E-state index in [9.17, 15) is 18.0 Å². The summed E-state index contributed by atoms with van der Waals surface area (Å²) < 4.78 is 41.0. The minimum absolute atomic E-state index is 0.0114. The zero-order chi connectivity index (χ0) is 21.7. The Morgan fingerprint density at radius 3 is 2.27 bits per heavy atom. The number of anilines is 1. The van der Waals surface area contributed by atoms with Crippen LogP contribution in [0, 0.1) is 0 Å².